The third-order valence-corrected chi connectivity index (χ3v) is 2.89. The van der Waals surface area contributed by atoms with E-state index in [-0.39, 0.29) is 0 Å². The molecule has 1 rings (SSSR count). The minimum absolute atomic E-state index is 0.446. The number of pyridine rings is 1. The summed E-state index contributed by atoms with van der Waals surface area (Å²) in [6.07, 6.45) is 1.90. The Labute approximate surface area is 72.9 Å². The summed E-state index contributed by atoms with van der Waals surface area (Å²) in [4.78, 5) is 4.16. The second-order valence-electron chi connectivity index (χ2n) is 3.40. The Morgan fingerprint density at radius 2 is 2.18 bits per heavy atom. The van der Waals surface area contributed by atoms with Gasteiger partial charge in [-0.1, -0.05) is 10.8 Å². The lowest BCUT2D eigenvalue weighted by atomic mass is 10.2. The van der Waals surface area contributed by atoms with E-state index in [1.807, 2.05) is 13.1 Å². The monoisotopic (exact) mass is 163 g/mol. The molecule has 0 aliphatic heterocycles. The van der Waals surface area contributed by atoms with Crippen LogP contribution in [0.5, 0.6) is 0 Å². The van der Waals surface area contributed by atoms with Gasteiger partial charge in [0, 0.05) is 11.9 Å². The van der Waals surface area contributed by atoms with Gasteiger partial charge in [-0.2, -0.15) is 0 Å². The highest BCUT2D eigenvalue weighted by Crippen LogP contribution is 2.03. The molecule has 1 aromatic heterocycles. The molecule has 0 bridgehead atoms. The predicted octanol–water partition coefficient (Wildman–Crippen LogP) is 2.23. The third-order valence-electron chi connectivity index (χ3n) is 1.61. The molecule has 0 atom stereocenters. The molecule has 0 unspecified atom stereocenters. The van der Waals surface area contributed by atoms with E-state index in [0.717, 1.165) is 5.69 Å². The van der Waals surface area contributed by atoms with Gasteiger partial charge in [0.05, 0.1) is 0 Å². The Kier molecular flexibility index (Phi) is 3.11. The highest BCUT2D eigenvalue weighted by molar-refractivity contribution is 6.55. The number of rotatable bonds is 2. The number of nitrogens with zero attached hydrogens (tertiary/aromatic N) is 1. The van der Waals surface area contributed by atoms with Crippen LogP contribution >= 0.6 is 0 Å². The largest absolute Gasteiger partial charge is 0.262 e. The van der Waals surface area contributed by atoms with E-state index >= 15 is 0 Å². The van der Waals surface area contributed by atoms with Gasteiger partial charge in [-0.25, -0.2) is 0 Å². The van der Waals surface area contributed by atoms with Crippen molar-refractivity contribution in [3.63, 3.8) is 0 Å². The van der Waals surface area contributed by atoms with Crippen molar-refractivity contribution in [1.29, 1.82) is 0 Å². The maximum absolute atomic E-state index is 4.16. The van der Waals surface area contributed by atoms with Gasteiger partial charge in [0.2, 0.25) is 0 Å². The molecule has 1 nitrogen and oxygen atoms in total. The lowest BCUT2D eigenvalue weighted by Crippen LogP contribution is -2.05. The van der Waals surface area contributed by atoms with Crippen LogP contribution < -0.4 is 0 Å². The van der Waals surface area contributed by atoms with Gasteiger partial charge in [0.15, 0.2) is 0 Å². The number of aryl methyl sites for hydroxylation is 1. The van der Waals surface area contributed by atoms with Crippen LogP contribution in [0.3, 0.4) is 0 Å². The average Bonchev–Trinajstić information content (AvgIpc) is 1.85. The standard InChI is InChI=1S/C7H8N.2CH3.Al/c1-6-3-4-8-7(2)5-6;;;/h3-5H,1H2,2H3;2*1H3;. The summed E-state index contributed by atoms with van der Waals surface area (Å²) >= 11 is -0.446. The Hall–Kier alpha value is -0.318. The maximum Gasteiger partial charge on any atom is 0.260 e. The van der Waals surface area contributed by atoms with Gasteiger partial charge in [0.25, 0.3) is 14.1 Å². The van der Waals surface area contributed by atoms with Gasteiger partial charge in [0.1, 0.15) is 0 Å². The molecule has 0 amide bonds. The fourth-order valence-electron chi connectivity index (χ4n) is 1.20. The Balaban J connectivity index is 2.71. The molecule has 0 radical (unpaired) electrons. The second kappa shape index (κ2) is 3.90. The van der Waals surface area contributed by atoms with Crippen molar-refractivity contribution < 1.29 is 0 Å². The molecule has 1 aromatic rings. The van der Waals surface area contributed by atoms with Crippen molar-refractivity contribution in [2.45, 2.75) is 23.8 Å². The highest BCUT2D eigenvalue weighted by atomic mass is 27.2. The van der Waals surface area contributed by atoms with E-state index < -0.39 is 14.1 Å². The molecular formula is C9H14AlN. The van der Waals surface area contributed by atoms with Crippen molar-refractivity contribution in [3.05, 3.63) is 29.6 Å². The van der Waals surface area contributed by atoms with E-state index in [1.165, 1.54) is 10.8 Å². The smallest absolute Gasteiger partial charge is 0.260 e. The Morgan fingerprint density at radius 3 is 2.73 bits per heavy atom. The van der Waals surface area contributed by atoms with Gasteiger partial charge in [-0.3, -0.25) is 4.98 Å². The molecule has 0 fully saturated rings. The van der Waals surface area contributed by atoms with Crippen LogP contribution in [0.2, 0.25) is 11.6 Å². The summed E-state index contributed by atoms with van der Waals surface area (Å²) in [6, 6.07) is 4.31. The first-order valence-electron chi connectivity index (χ1n) is 4.10. The normalized spacial score (nSPS) is 9.73. The van der Waals surface area contributed by atoms with Gasteiger partial charge < -0.3 is 0 Å². The summed E-state index contributed by atoms with van der Waals surface area (Å²) in [5, 5.41) is 1.30. The summed E-state index contributed by atoms with van der Waals surface area (Å²) < 4.78 is 0. The van der Waals surface area contributed by atoms with Crippen molar-refractivity contribution in [1.82, 2.24) is 4.98 Å². The van der Waals surface area contributed by atoms with E-state index in [0.29, 0.717) is 0 Å². The first-order valence-corrected chi connectivity index (χ1v) is 7.22. The lowest BCUT2D eigenvalue weighted by Gasteiger charge is -2.00. The zero-order chi connectivity index (χ0) is 8.27. The van der Waals surface area contributed by atoms with Crippen LogP contribution in [-0.4, -0.2) is 19.1 Å². The van der Waals surface area contributed by atoms with Crippen LogP contribution in [0.1, 0.15) is 11.3 Å². The molecule has 0 saturated heterocycles. The van der Waals surface area contributed by atoms with E-state index in [2.05, 4.69) is 28.7 Å². The number of aromatic nitrogens is 1. The molecular weight excluding hydrogens is 149 g/mol. The van der Waals surface area contributed by atoms with E-state index in [4.69, 9.17) is 0 Å². The highest BCUT2D eigenvalue weighted by Gasteiger charge is 2.02. The lowest BCUT2D eigenvalue weighted by molar-refractivity contribution is 1.16. The van der Waals surface area contributed by atoms with Gasteiger partial charge in [-0.05, 0) is 19.1 Å². The van der Waals surface area contributed by atoms with Crippen LogP contribution in [-0.2, 0) is 5.28 Å². The first-order chi connectivity index (χ1) is 5.18. The molecule has 0 N–H and O–H groups in total. The minimum Gasteiger partial charge on any atom is -0.262 e. The molecule has 2 heteroatoms. The molecule has 0 aromatic carbocycles. The zero-order valence-corrected chi connectivity index (χ0v) is 8.62. The summed E-state index contributed by atoms with van der Waals surface area (Å²) in [5.41, 5.74) is 2.59. The molecule has 0 saturated carbocycles. The van der Waals surface area contributed by atoms with Crippen LogP contribution in [0, 0.1) is 6.92 Å². The fraction of sp³-hybridized carbons (Fsp3) is 0.444. The van der Waals surface area contributed by atoms with Crippen molar-refractivity contribution >= 4 is 14.1 Å². The van der Waals surface area contributed by atoms with Crippen molar-refractivity contribution in [2.24, 2.45) is 0 Å². The first kappa shape index (κ1) is 8.78. The molecule has 1 heterocycles. The number of hydrogen-bond donors (Lipinski definition) is 0. The van der Waals surface area contributed by atoms with Gasteiger partial charge in [-0.15, -0.1) is 11.6 Å². The zero-order valence-electron chi connectivity index (χ0n) is 7.46. The SMILES string of the molecule is Cc1cc([CH2][Al]([CH3])[CH3])ccn1. The topological polar surface area (TPSA) is 12.9 Å². The summed E-state index contributed by atoms with van der Waals surface area (Å²) in [5.74, 6) is 4.74. The molecule has 58 valence electrons. The van der Waals surface area contributed by atoms with Crippen LogP contribution in [0.15, 0.2) is 18.3 Å². The maximum atomic E-state index is 4.16. The summed E-state index contributed by atoms with van der Waals surface area (Å²) in [6.45, 7) is 2.05. The Morgan fingerprint density at radius 1 is 1.45 bits per heavy atom. The summed E-state index contributed by atoms with van der Waals surface area (Å²) in [7, 11) is 0. The molecule has 0 spiro atoms. The Bertz CT molecular complexity index is 233. The predicted molar refractivity (Wildman–Crippen MR) is 50.2 cm³/mol. The van der Waals surface area contributed by atoms with E-state index in [1.54, 1.807) is 0 Å². The molecule has 11 heavy (non-hydrogen) atoms. The number of hydrogen-bond acceptors (Lipinski definition) is 1. The average molecular weight is 163 g/mol. The fourth-order valence-corrected chi connectivity index (χ4v) is 2.40. The quantitative estimate of drug-likeness (QED) is 0.609. The van der Waals surface area contributed by atoms with Crippen LogP contribution in [0.25, 0.3) is 0 Å². The second-order valence-corrected chi connectivity index (χ2v) is 6.60. The molecule has 0 aliphatic carbocycles. The van der Waals surface area contributed by atoms with E-state index in [9.17, 15) is 0 Å². The van der Waals surface area contributed by atoms with Gasteiger partial charge >= 0.3 is 0 Å². The van der Waals surface area contributed by atoms with Crippen LogP contribution in [0.4, 0.5) is 0 Å². The minimum atomic E-state index is -0.446. The third kappa shape index (κ3) is 3.05. The van der Waals surface area contributed by atoms with Crippen molar-refractivity contribution in [3.8, 4) is 0 Å². The molecule has 0 aliphatic rings. The van der Waals surface area contributed by atoms with Crippen molar-refractivity contribution in [2.75, 3.05) is 0 Å².